The van der Waals surface area contributed by atoms with Gasteiger partial charge in [0.25, 0.3) is 0 Å². The molecular weight excluding hydrogens is 140 g/mol. The highest BCUT2D eigenvalue weighted by Gasteiger charge is 2.20. The first-order valence-electron chi connectivity index (χ1n) is 3.46. The van der Waals surface area contributed by atoms with Gasteiger partial charge in [-0.05, 0) is 0 Å². The molecule has 0 fully saturated rings. The average Bonchev–Trinajstić information content (AvgIpc) is 2.35. The Balaban J connectivity index is 2.38. The van der Waals surface area contributed by atoms with Gasteiger partial charge in [-0.3, -0.25) is 5.01 Å². The van der Waals surface area contributed by atoms with E-state index in [1.54, 1.807) is 6.34 Å². The first kappa shape index (κ1) is 6.27. The van der Waals surface area contributed by atoms with Crippen LogP contribution in [0.15, 0.2) is 28.8 Å². The van der Waals surface area contributed by atoms with Gasteiger partial charge >= 0.3 is 0 Å². The molecule has 2 aliphatic rings. The van der Waals surface area contributed by atoms with E-state index in [1.807, 2.05) is 36.4 Å². The molecule has 0 unspecified atom stereocenters. The zero-order valence-corrected chi connectivity index (χ0v) is 6.57. The Kier molecular flexibility index (Phi) is 1.15. The maximum atomic E-state index is 4.07. The highest BCUT2D eigenvalue weighted by Crippen LogP contribution is 2.21. The first-order valence-corrected chi connectivity index (χ1v) is 3.46. The molecular formula is C7H10N4. The number of hydrogen-bond acceptors (Lipinski definition) is 4. The monoisotopic (exact) mass is 150 g/mol. The lowest BCUT2D eigenvalue weighted by Crippen LogP contribution is -2.26. The second-order valence-electron chi connectivity index (χ2n) is 2.61. The standard InChI is InChI=1S/C7H10N4/c1-10-5-8-3-7-6(10)4-9-11(7)2/h3-5,9H,1-2H3. The smallest absolute Gasteiger partial charge is 0.100 e. The predicted octanol–water partition coefficient (Wildman–Crippen LogP) is 0.0929. The minimum atomic E-state index is 1.11. The van der Waals surface area contributed by atoms with Crippen LogP contribution in [0.25, 0.3) is 0 Å². The van der Waals surface area contributed by atoms with Gasteiger partial charge in [-0.25, -0.2) is 4.99 Å². The molecule has 2 heterocycles. The molecule has 0 saturated carbocycles. The van der Waals surface area contributed by atoms with E-state index in [-0.39, 0.29) is 0 Å². The van der Waals surface area contributed by atoms with Gasteiger partial charge in [-0.15, -0.1) is 0 Å². The van der Waals surface area contributed by atoms with Gasteiger partial charge < -0.3 is 10.3 Å². The Bertz CT molecular complexity index is 264. The molecule has 0 radical (unpaired) electrons. The minimum Gasteiger partial charge on any atom is -0.332 e. The van der Waals surface area contributed by atoms with Crippen molar-refractivity contribution in [3.8, 4) is 0 Å². The van der Waals surface area contributed by atoms with Crippen LogP contribution in [0.1, 0.15) is 0 Å². The van der Waals surface area contributed by atoms with Crippen molar-refractivity contribution in [1.29, 1.82) is 0 Å². The molecule has 58 valence electrons. The third-order valence-corrected chi connectivity index (χ3v) is 1.84. The Morgan fingerprint density at radius 2 is 2.18 bits per heavy atom. The second-order valence-corrected chi connectivity index (χ2v) is 2.61. The lowest BCUT2D eigenvalue weighted by Gasteiger charge is -2.21. The fourth-order valence-electron chi connectivity index (χ4n) is 1.17. The fourth-order valence-corrected chi connectivity index (χ4v) is 1.17. The molecule has 0 bridgehead atoms. The largest absolute Gasteiger partial charge is 0.332 e. The summed E-state index contributed by atoms with van der Waals surface area (Å²) in [6, 6.07) is 0. The van der Waals surface area contributed by atoms with Crippen LogP contribution in [0.2, 0.25) is 0 Å². The van der Waals surface area contributed by atoms with Crippen LogP contribution in [-0.2, 0) is 0 Å². The number of likely N-dealkylation sites (N-methyl/N-ethyl adjacent to an activating group) is 2. The first-order chi connectivity index (χ1) is 5.29. The van der Waals surface area contributed by atoms with E-state index in [0.717, 1.165) is 11.4 Å². The summed E-state index contributed by atoms with van der Waals surface area (Å²) in [5.74, 6) is 0. The van der Waals surface area contributed by atoms with Gasteiger partial charge in [0.15, 0.2) is 0 Å². The number of fused-ring (bicyclic) bond motifs is 1. The van der Waals surface area contributed by atoms with Crippen LogP contribution in [-0.4, -0.2) is 30.3 Å². The third kappa shape index (κ3) is 0.790. The second kappa shape index (κ2) is 2.02. The van der Waals surface area contributed by atoms with Crippen LogP contribution >= 0.6 is 0 Å². The van der Waals surface area contributed by atoms with Crippen molar-refractivity contribution in [3.63, 3.8) is 0 Å². The minimum absolute atomic E-state index is 1.11. The van der Waals surface area contributed by atoms with Crippen molar-refractivity contribution in [1.82, 2.24) is 15.3 Å². The van der Waals surface area contributed by atoms with Crippen LogP contribution < -0.4 is 5.43 Å². The van der Waals surface area contributed by atoms with Crippen molar-refractivity contribution >= 4 is 6.34 Å². The van der Waals surface area contributed by atoms with Crippen molar-refractivity contribution in [3.05, 3.63) is 23.8 Å². The topological polar surface area (TPSA) is 30.9 Å². The summed E-state index contributed by atoms with van der Waals surface area (Å²) >= 11 is 0. The highest BCUT2D eigenvalue weighted by molar-refractivity contribution is 5.63. The predicted molar refractivity (Wildman–Crippen MR) is 43.3 cm³/mol. The van der Waals surface area contributed by atoms with Crippen LogP contribution in [0.4, 0.5) is 0 Å². The number of nitrogens with one attached hydrogen (secondary N) is 1. The molecule has 2 rings (SSSR count). The summed E-state index contributed by atoms with van der Waals surface area (Å²) in [6.07, 6.45) is 5.58. The Morgan fingerprint density at radius 1 is 1.36 bits per heavy atom. The van der Waals surface area contributed by atoms with E-state index in [9.17, 15) is 0 Å². The van der Waals surface area contributed by atoms with E-state index < -0.39 is 0 Å². The molecule has 11 heavy (non-hydrogen) atoms. The van der Waals surface area contributed by atoms with Gasteiger partial charge in [-0.2, -0.15) is 0 Å². The Labute approximate surface area is 65.5 Å². The molecule has 0 atom stereocenters. The molecule has 0 aromatic carbocycles. The average molecular weight is 150 g/mol. The van der Waals surface area contributed by atoms with Crippen molar-refractivity contribution in [2.24, 2.45) is 4.99 Å². The highest BCUT2D eigenvalue weighted by atomic mass is 15.5. The zero-order valence-electron chi connectivity index (χ0n) is 6.57. The quantitative estimate of drug-likeness (QED) is 0.531. The molecule has 0 aromatic heterocycles. The molecule has 4 heteroatoms. The normalized spacial score (nSPS) is 20.9. The summed E-state index contributed by atoms with van der Waals surface area (Å²) in [5.41, 5.74) is 5.33. The van der Waals surface area contributed by atoms with E-state index in [4.69, 9.17) is 0 Å². The SMILES string of the molecule is CN1C=NC=C2C1=CNN2C. The van der Waals surface area contributed by atoms with E-state index in [1.165, 1.54) is 0 Å². The molecule has 0 aliphatic carbocycles. The lowest BCUT2D eigenvalue weighted by atomic mass is 10.3. The fraction of sp³-hybridized carbons (Fsp3) is 0.286. The van der Waals surface area contributed by atoms with Gasteiger partial charge in [0.1, 0.15) is 5.70 Å². The maximum absolute atomic E-state index is 4.07. The van der Waals surface area contributed by atoms with Crippen LogP contribution in [0, 0.1) is 0 Å². The number of hydrazine groups is 1. The van der Waals surface area contributed by atoms with Crippen molar-refractivity contribution in [2.45, 2.75) is 0 Å². The lowest BCUT2D eigenvalue weighted by molar-refractivity contribution is 0.376. The molecule has 0 amide bonds. The number of hydrogen-bond donors (Lipinski definition) is 1. The van der Waals surface area contributed by atoms with Crippen molar-refractivity contribution in [2.75, 3.05) is 14.1 Å². The van der Waals surface area contributed by atoms with Crippen LogP contribution in [0.5, 0.6) is 0 Å². The number of aliphatic imine (C=N–C) groups is 1. The summed E-state index contributed by atoms with van der Waals surface area (Å²) in [4.78, 5) is 6.05. The molecule has 0 saturated heterocycles. The maximum Gasteiger partial charge on any atom is 0.100 e. The Hall–Kier alpha value is -1.45. The van der Waals surface area contributed by atoms with E-state index in [2.05, 4.69) is 10.4 Å². The summed E-state index contributed by atoms with van der Waals surface area (Å²) < 4.78 is 0. The molecule has 0 spiro atoms. The van der Waals surface area contributed by atoms with Crippen LogP contribution in [0.3, 0.4) is 0 Å². The third-order valence-electron chi connectivity index (χ3n) is 1.84. The van der Waals surface area contributed by atoms with E-state index >= 15 is 0 Å². The number of nitrogens with zero attached hydrogens (tertiary/aromatic N) is 3. The zero-order chi connectivity index (χ0) is 7.84. The van der Waals surface area contributed by atoms with Gasteiger partial charge in [0.05, 0.1) is 18.2 Å². The molecule has 4 nitrogen and oxygen atoms in total. The number of rotatable bonds is 0. The summed E-state index contributed by atoms with van der Waals surface area (Å²) in [5, 5.41) is 1.93. The summed E-state index contributed by atoms with van der Waals surface area (Å²) in [6.45, 7) is 0. The summed E-state index contributed by atoms with van der Waals surface area (Å²) in [7, 11) is 3.94. The van der Waals surface area contributed by atoms with Gasteiger partial charge in [0.2, 0.25) is 0 Å². The molecule has 0 aromatic rings. The van der Waals surface area contributed by atoms with E-state index in [0.29, 0.717) is 0 Å². The molecule has 1 N–H and O–H groups in total. The Morgan fingerprint density at radius 3 is 2.91 bits per heavy atom. The molecule has 2 aliphatic heterocycles. The van der Waals surface area contributed by atoms with Gasteiger partial charge in [0, 0.05) is 20.3 Å². The van der Waals surface area contributed by atoms with Gasteiger partial charge in [-0.1, -0.05) is 0 Å². The van der Waals surface area contributed by atoms with Crippen molar-refractivity contribution < 1.29 is 0 Å².